The number of carbonyl (C=O) groups is 2. The number of amides is 1. The van der Waals surface area contributed by atoms with Crippen LogP contribution in [-0.2, 0) is 23.4 Å². The molecule has 0 aliphatic rings. The minimum atomic E-state index is -4.80. The van der Waals surface area contributed by atoms with E-state index in [2.05, 4.69) is 5.32 Å². The number of benzene rings is 2. The highest BCUT2D eigenvalue weighted by atomic mass is 35.5. The summed E-state index contributed by atoms with van der Waals surface area (Å²) < 4.78 is 51.2. The van der Waals surface area contributed by atoms with Crippen molar-refractivity contribution >= 4 is 58.6 Å². The van der Waals surface area contributed by atoms with E-state index < -0.39 is 49.0 Å². The number of rotatable bonds is 8. The van der Waals surface area contributed by atoms with Crippen molar-refractivity contribution in [3.63, 3.8) is 0 Å². The number of esters is 1. The molecule has 7 nitrogen and oxygen atoms in total. The van der Waals surface area contributed by atoms with Crippen molar-refractivity contribution in [2.45, 2.75) is 26.4 Å². The van der Waals surface area contributed by atoms with Crippen LogP contribution in [-0.4, -0.2) is 23.6 Å². The fourth-order valence-corrected chi connectivity index (χ4v) is 5.61. The molecule has 0 aliphatic heterocycles. The lowest BCUT2D eigenvalue weighted by molar-refractivity contribution is -0.159. The SMILES string of the molecule is CC(C)(C)C(=O)OCOP(=O)(O)C(C(=O)NC=Cc1cc(F)ccc1F)c1csc2ccc(Cl)cc12. The Morgan fingerprint density at radius 1 is 1.22 bits per heavy atom. The standard InChI is InChI=1S/C24H23ClF2NO6PS/c1-24(2,3)23(30)33-13-34-35(31,32)21(18-12-36-20-7-4-15(25)11-17(18)20)22(29)28-9-8-14-10-16(26)5-6-19(14)27/h4-12,21H,13H2,1-3H3,(H,28,29)(H,31,32). The molecule has 2 N–H and O–H groups in total. The zero-order valence-corrected chi connectivity index (χ0v) is 21.9. The Morgan fingerprint density at radius 3 is 2.64 bits per heavy atom. The molecular formula is C24H23ClF2NO6PS. The van der Waals surface area contributed by atoms with E-state index in [0.29, 0.717) is 15.1 Å². The van der Waals surface area contributed by atoms with Crippen LogP contribution in [0, 0.1) is 17.0 Å². The zero-order chi connectivity index (χ0) is 26.7. The fraction of sp³-hybridized carbons (Fsp3) is 0.250. The summed E-state index contributed by atoms with van der Waals surface area (Å²) in [6, 6.07) is 7.67. The van der Waals surface area contributed by atoms with Crippen LogP contribution in [0.3, 0.4) is 0 Å². The predicted octanol–water partition coefficient (Wildman–Crippen LogP) is 6.41. The smallest absolute Gasteiger partial charge is 0.347 e. The largest absolute Gasteiger partial charge is 0.438 e. The molecule has 0 radical (unpaired) electrons. The Bertz CT molecular complexity index is 1370. The number of ether oxygens (including phenoxy) is 1. The van der Waals surface area contributed by atoms with Gasteiger partial charge in [-0.2, -0.15) is 0 Å². The molecule has 1 aromatic heterocycles. The van der Waals surface area contributed by atoms with Gasteiger partial charge in [-0.25, -0.2) is 8.78 Å². The minimum absolute atomic E-state index is 0.142. The van der Waals surface area contributed by atoms with Gasteiger partial charge in [-0.05, 0) is 79.6 Å². The maximum atomic E-state index is 13.9. The van der Waals surface area contributed by atoms with Gasteiger partial charge >= 0.3 is 13.6 Å². The van der Waals surface area contributed by atoms with Gasteiger partial charge in [0.15, 0.2) is 5.66 Å². The lowest BCUT2D eigenvalue weighted by Crippen LogP contribution is -2.27. The van der Waals surface area contributed by atoms with Gasteiger partial charge < -0.3 is 14.9 Å². The number of halogens is 3. The number of carbonyl (C=O) groups excluding carboxylic acids is 2. The maximum absolute atomic E-state index is 13.9. The summed E-state index contributed by atoms with van der Waals surface area (Å²) in [6.07, 6.45) is 2.12. The van der Waals surface area contributed by atoms with E-state index in [1.807, 2.05) is 0 Å². The van der Waals surface area contributed by atoms with Crippen molar-refractivity contribution in [3.05, 3.63) is 75.8 Å². The van der Waals surface area contributed by atoms with Gasteiger partial charge in [-0.1, -0.05) is 11.6 Å². The van der Waals surface area contributed by atoms with Crippen molar-refractivity contribution in [2.75, 3.05) is 6.79 Å². The van der Waals surface area contributed by atoms with Crippen LogP contribution < -0.4 is 5.32 Å². The third-order valence-electron chi connectivity index (χ3n) is 4.92. The normalized spacial score (nSPS) is 14.5. The molecule has 0 saturated carbocycles. The molecule has 36 heavy (non-hydrogen) atoms. The molecule has 2 aromatic carbocycles. The van der Waals surface area contributed by atoms with Gasteiger partial charge in [0, 0.05) is 21.5 Å². The van der Waals surface area contributed by atoms with Gasteiger partial charge in [0.2, 0.25) is 12.7 Å². The molecule has 2 unspecified atom stereocenters. The molecule has 0 fully saturated rings. The molecule has 192 valence electrons. The third-order valence-corrected chi connectivity index (χ3v) is 7.78. The Morgan fingerprint density at radius 2 is 1.94 bits per heavy atom. The Labute approximate surface area is 215 Å². The van der Waals surface area contributed by atoms with Gasteiger partial charge in [-0.15, -0.1) is 11.3 Å². The quantitative estimate of drug-likeness (QED) is 0.188. The van der Waals surface area contributed by atoms with Crippen LogP contribution in [0.2, 0.25) is 5.02 Å². The molecule has 0 spiro atoms. The molecule has 3 rings (SSSR count). The highest BCUT2D eigenvalue weighted by molar-refractivity contribution is 7.54. The van der Waals surface area contributed by atoms with E-state index in [1.165, 1.54) is 16.7 Å². The van der Waals surface area contributed by atoms with E-state index in [0.717, 1.165) is 30.5 Å². The molecule has 0 aliphatic carbocycles. The van der Waals surface area contributed by atoms with Crippen LogP contribution >= 0.6 is 30.5 Å². The second-order valence-corrected chi connectivity index (χ2v) is 12.0. The number of fused-ring (bicyclic) bond motifs is 1. The van der Waals surface area contributed by atoms with Crippen LogP contribution in [0.4, 0.5) is 8.78 Å². The number of hydrogen-bond donors (Lipinski definition) is 2. The molecular weight excluding hydrogens is 535 g/mol. The highest BCUT2D eigenvalue weighted by Gasteiger charge is 2.42. The van der Waals surface area contributed by atoms with E-state index in [-0.39, 0.29) is 11.1 Å². The van der Waals surface area contributed by atoms with Crippen molar-refractivity contribution in [1.82, 2.24) is 5.32 Å². The molecule has 12 heteroatoms. The van der Waals surface area contributed by atoms with E-state index in [4.69, 9.17) is 20.9 Å². The van der Waals surface area contributed by atoms with Crippen LogP contribution in [0.25, 0.3) is 16.2 Å². The van der Waals surface area contributed by atoms with Crippen LogP contribution in [0.1, 0.15) is 37.6 Å². The Hall–Kier alpha value is -2.62. The lowest BCUT2D eigenvalue weighted by Gasteiger charge is -2.22. The van der Waals surface area contributed by atoms with Crippen molar-refractivity contribution in [1.29, 1.82) is 0 Å². The highest BCUT2D eigenvalue weighted by Crippen LogP contribution is 2.58. The summed E-state index contributed by atoms with van der Waals surface area (Å²) in [5.41, 5.74) is -2.61. The average molecular weight is 558 g/mol. The summed E-state index contributed by atoms with van der Waals surface area (Å²) in [5.74, 6) is -3.04. The molecule has 0 saturated heterocycles. The first-order valence-corrected chi connectivity index (χ1v) is 13.4. The topological polar surface area (TPSA) is 102 Å². The maximum Gasteiger partial charge on any atom is 0.347 e. The average Bonchev–Trinajstić information content (AvgIpc) is 3.17. The van der Waals surface area contributed by atoms with Gasteiger partial charge in [0.25, 0.3) is 0 Å². The molecule has 3 aromatic rings. The number of hydrogen-bond acceptors (Lipinski definition) is 6. The van der Waals surface area contributed by atoms with E-state index in [9.17, 15) is 27.8 Å². The van der Waals surface area contributed by atoms with Crippen LogP contribution in [0.15, 0.2) is 48.0 Å². The first-order chi connectivity index (χ1) is 16.8. The Kier molecular flexibility index (Phi) is 8.69. The number of nitrogens with one attached hydrogen (secondary N) is 1. The second-order valence-electron chi connectivity index (χ2n) is 8.73. The second kappa shape index (κ2) is 11.2. The van der Waals surface area contributed by atoms with Crippen molar-refractivity contribution < 1.29 is 37.1 Å². The fourth-order valence-electron chi connectivity index (χ4n) is 3.08. The summed E-state index contributed by atoms with van der Waals surface area (Å²) in [4.78, 5) is 35.9. The van der Waals surface area contributed by atoms with Crippen molar-refractivity contribution in [2.24, 2.45) is 5.41 Å². The zero-order valence-electron chi connectivity index (χ0n) is 19.5. The first kappa shape index (κ1) is 28.0. The van der Waals surface area contributed by atoms with Crippen LogP contribution in [0.5, 0.6) is 0 Å². The molecule has 1 amide bonds. The molecule has 2 atom stereocenters. The minimum Gasteiger partial charge on any atom is -0.438 e. The number of thiophene rings is 1. The Balaban J connectivity index is 1.90. The molecule has 0 bridgehead atoms. The monoisotopic (exact) mass is 557 g/mol. The van der Waals surface area contributed by atoms with Crippen molar-refractivity contribution in [3.8, 4) is 0 Å². The first-order valence-electron chi connectivity index (χ1n) is 10.5. The summed E-state index contributed by atoms with van der Waals surface area (Å²) in [5, 5.41) is 4.64. The summed E-state index contributed by atoms with van der Waals surface area (Å²) in [7, 11) is -4.80. The molecule has 1 heterocycles. The lowest BCUT2D eigenvalue weighted by atomic mass is 9.98. The van der Waals surface area contributed by atoms with E-state index >= 15 is 0 Å². The van der Waals surface area contributed by atoms with E-state index in [1.54, 1.807) is 39.0 Å². The summed E-state index contributed by atoms with van der Waals surface area (Å²) in [6.45, 7) is 3.93. The summed E-state index contributed by atoms with van der Waals surface area (Å²) >= 11 is 7.31. The van der Waals surface area contributed by atoms with Gasteiger partial charge in [0.05, 0.1) is 5.41 Å². The third kappa shape index (κ3) is 6.78. The van der Waals surface area contributed by atoms with Gasteiger partial charge in [-0.3, -0.25) is 18.7 Å². The van der Waals surface area contributed by atoms with Gasteiger partial charge in [0.1, 0.15) is 11.6 Å². The predicted molar refractivity (Wildman–Crippen MR) is 134 cm³/mol.